The van der Waals surface area contributed by atoms with Gasteiger partial charge in [-0.15, -0.1) is 0 Å². The number of aryl methyl sites for hydroxylation is 1. The maximum atomic E-state index is 12.4. The topological polar surface area (TPSA) is 45.1 Å². The lowest BCUT2D eigenvalue weighted by Crippen LogP contribution is -2.47. The summed E-state index contributed by atoms with van der Waals surface area (Å²) in [6.45, 7) is 9.72. The number of amides is 1. The number of rotatable bonds is 5. The number of carbonyl (C=O) groups excluding carboxylic acids is 1. The van der Waals surface area contributed by atoms with Crippen LogP contribution in [-0.2, 0) is 11.4 Å². The van der Waals surface area contributed by atoms with Crippen LogP contribution < -0.4 is 4.74 Å². The van der Waals surface area contributed by atoms with Crippen LogP contribution in [0.25, 0.3) is 6.08 Å². The molecule has 0 bridgehead atoms. The van der Waals surface area contributed by atoms with Crippen molar-refractivity contribution >= 4 is 28.9 Å². The van der Waals surface area contributed by atoms with E-state index in [2.05, 4.69) is 52.9 Å². The van der Waals surface area contributed by atoms with E-state index in [1.807, 2.05) is 30.3 Å². The second kappa shape index (κ2) is 9.49. The number of amidine groups is 1. The van der Waals surface area contributed by atoms with Gasteiger partial charge in [-0.25, -0.2) is 0 Å². The Balaban J connectivity index is 1.38. The number of carbonyl (C=O) groups is 1. The molecule has 0 unspecified atom stereocenters. The molecular formula is C24H27N3O2S. The average Bonchev–Trinajstić information content (AvgIpc) is 3.14. The fraction of sp³-hybridized carbons (Fsp3) is 0.333. The summed E-state index contributed by atoms with van der Waals surface area (Å²) in [6.07, 6.45) is 1.91. The zero-order chi connectivity index (χ0) is 20.9. The highest BCUT2D eigenvalue weighted by Crippen LogP contribution is 2.31. The minimum Gasteiger partial charge on any atom is -0.489 e. The number of hydrogen-bond acceptors (Lipinski definition) is 5. The van der Waals surface area contributed by atoms with Crippen LogP contribution in [-0.4, -0.2) is 53.6 Å². The summed E-state index contributed by atoms with van der Waals surface area (Å²) in [6, 6.07) is 16.2. The maximum absolute atomic E-state index is 12.4. The van der Waals surface area contributed by atoms with E-state index >= 15 is 0 Å². The van der Waals surface area contributed by atoms with Crippen LogP contribution in [0.3, 0.4) is 0 Å². The molecule has 0 N–H and O–H groups in total. The van der Waals surface area contributed by atoms with Crippen molar-refractivity contribution in [1.29, 1.82) is 0 Å². The van der Waals surface area contributed by atoms with Crippen LogP contribution in [0.1, 0.15) is 23.6 Å². The van der Waals surface area contributed by atoms with Gasteiger partial charge >= 0.3 is 0 Å². The molecule has 2 heterocycles. The van der Waals surface area contributed by atoms with E-state index in [0.29, 0.717) is 11.5 Å². The third-order valence-electron chi connectivity index (χ3n) is 5.38. The number of nitrogens with zero attached hydrogens (tertiary/aromatic N) is 3. The molecule has 1 saturated heterocycles. The molecule has 4 rings (SSSR count). The Morgan fingerprint density at radius 1 is 1.10 bits per heavy atom. The zero-order valence-electron chi connectivity index (χ0n) is 17.5. The molecule has 0 aromatic heterocycles. The van der Waals surface area contributed by atoms with Crippen molar-refractivity contribution in [3.63, 3.8) is 0 Å². The first-order valence-electron chi connectivity index (χ1n) is 10.4. The molecular weight excluding hydrogens is 394 g/mol. The molecule has 1 fully saturated rings. The van der Waals surface area contributed by atoms with Crippen LogP contribution in [0.4, 0.5) is 0 Å². The smallest absolute Gasteiger partial charge is 0.286 e. The minimum atomic E-state index is -0.154. The number of aliphatic imine (C=N–C) groups is 1. The summed E-state index contributed by atoms with van der Waals surface area (Å²) in [4.78, 5) is 22.0. The predicted molar refractivity (Wildman–Crippen MR) is 124 cm³/mol. The van der Waals surface area contributed by atoms with E-state index in [0.717, 1.165) is 54.8 Å². The normalized spacial score (nSPS) is 18.7. The zero-order valence-corrected chi connectivity index (χ0v) is 18.3. The summed E-state index contributed by atoms with van der Waals surface area (Å²) < 4.78 is 5.94. The number of benzene rings is 2. The summed E-state index contributed by atoms with van der Waals surface area (Å²) in [7, 11) is 0. The van der Waals surface area contributed by atoms with Gasteiger partial charge in [0, 0.05) is 26.2 Å². The largest absolute Gasteiger partial charge is 0.489 e. The highest BCUT2D eigenvalue weighted by molar-refractivity contribution is 8.18. The first-order valence-corrected chi connectivity index (χ1v) is 11.2. The van der Waals surface area contributed by atoms with Gasteiger partial charge in [-0.1, -0.05) is 48.9 Å². The fourth-order valence-electron chi connectivity index (χ4n) is 3.49. The van der Waals surface area contributed by atoms with E-state index in [4.69, 9.17) is 4.74 Å². The van der Waals surface area contributed by atoms with Gasteiger partial charge in [0.1, 0.15) is 12.4 Å². The number of piperazine rings is 1. The molecule has 2 aliphatic heterocycles. The van der Waals surface area contributed by atoms with Gasteiger partial charge in [0.15, 0.2) is 5.17 Å². The van der Waals surface area contributed by atoms with Gasteiger partial charge in [0.05, 0.1) is 4.91 Å². The monoisotopic (exact) mass is 421 g/mol. The van der Waals surface area contributed by atoms with Gasteiger partial charge in [0.25, 0.3) is 5.91 Å². The molecule has 5 nitrogen and oxygen atoms in total. The second-order valence-corrected chi connectivity index (χ2v) is 8.59. The highest BCUT2D eigenvalue weighted by atomic mass is 32.2. The number of likely N-dealkylation sites (N-methyl/N-ethyl adjacent to an activating group) is 1. The third-order valence-corrected chi connectivity index (χ3v) is 6.43. The van der Waals surface area contributed by atoms with E-state index in [1.165, 1.54) is 17.3 Å². The van der Waals surface area contributed by atoms with Gasteiger partial charge in [0.2, 0.25) is 0 Å². The first kappa shape index (κ1) is 20.7. The Bertz CT molecular complexity index is 961. The van der Waals surface area contributed by atoms with Gasteiger partial charge in [-0.2, -0.15) is 4.99 Å². The summed E-state index contributed by atoms with van der Waals surface area (Å²) in [5.74, 6) is 0.635. The average molecular weight is 422 g/mol. The summed E-state index contributed by atoms with van der Waals surface area (Å²) in [5, 5.41) is 0.828. The Kier molecular flexibility index (Phi) is 6.55. The number of hydrogen-bond donors (Lipinski definition) is 0. The fourth-order valence-corrected chi connectivity index (χ4v) is 4.45. The van der Waals surface area contributed by atoms with Crippen LogP contribution in [0.2, 0.25) is 0 Å². The summed E-state index contributed by atoms with van der Waals surface area (Å²) in [5.41, 5.74) is 3.31. The van der Waals surface area contributed by atoms with Gasteiger partial charge in [-0.05, 0) is 54.6 Å². The van der Waals surface area contributed by atoms with Crippen molar-refractivity contribution in [3.05, 3.63) is 70.1 Å². The Morgan fingerprint density at radius 3 is 2.60 bits per heavy atom. The van der Waals surface area contributed by atoms with E-state index in [9.17, 15) is 4.79 Å². The third kappa shape index (κ3) is 5.12. The molecule has 6 heteroatoms. The van der Waals surface area contributed by atoms with Crippen molar-refractivity contribution in [2.75, 3.05) is 32.7 Å². The molecule has 156 valence electrons. The van der Waals surface area contributed by atoms with Crippen LogP contribution in [0.15, 0.2) is 58.4 Å². The minimum absolute atomic E-state index is 0.154. The maximum Gasteiger partial charge on any atom is 0.286 e. The Hall–Kier alpha value is -2.57. The highest BCUT2D eigenvalue weighted by Gasteiger charge is 2.28. The van der Waals surface area contributed by atoms with E-state index in [1.54, 1.807) is 0 Å². The molecule has 2 aromatic rings. The molecule has 2 aliphatic rings. The number of thioether (sulfide) groups is 1. The lowest BCUT2D eigenvalue weighted by Gasteiger charge is -2.34. The van der Waals surface area contributed by atoms with Crippen LogP contribution in [0, 0.1) is 6.92 Å². The SMILES string of the molecule is CCN1CCN(C2=NC(=O)/C(=C/c3cccc(OCc4ccc(C)cc4)c3)S2)CC1. The van der Waals surface area contributed by atoms with Crippen LogP contribution in [0.5, 0.6) is 5.75 Å². The van der Waals surface area contributed by atoms with Crippen molar-refractivity contribution in [2.24, 2.45) is 4.99 Å². The molecule has 0 aliphatic carbocycles. The Morgan fingerprint density at radius 2 is 1.87 bits per heavy atom. The molecule has 0 radical (unpaired) electrons. The molecule has 0 atom stereocenters. The summed E-state index contributed by atoms with van der Waals surface area (Å²) >= 11 is 1.47. The van der Waals surface area contributed by atoms with Gasteiger partial charge < -0.3 is 14.5 Å². The lowest BCUT2D eigenvalue weighted by molar-refractivity contribution is -0.113. The molecule has 2 aromatic carbocycles. The van der Waals surface area contributed by atoms with E-state index < -0.39 is 0 Å². The number of ether oxygens (including phenoxy) is 1. The molecule has 1 amide bonds. The van der Waals surface area contributed by atoms with Crippen molar-refractivity contribution < 1.29 is 9.53 Å². The van der Waals surface area contributed by atoms with Crippen LogP contribution >= 0.6 is 11.8 Å². The first-order chi connectivity index (χ1) is 14.6. The predicted octanol–water partition coefficient (Wildman–Crippen LogP) is 4.18. The molecule has 30 heavy (non-hydrogen) atoms. The quantitative estimate of drug-likeness (QED) is 0.678. The Labute approximate surface area is 182 Å². The standard InChI is InChI=1S/C24H27N3O2S/c1-3-26-11-13-27(14-12-26)24-25-23(28)22(30-24)16-20-5-4-6-21(15-20)29-17-19-9-7-18(2)8-10-19/h4-10,15-16H,3,11-14,17H2,1-2H3/b22-16-. The lowest BCUT2D eigenvalue weighted by atomic mass is 10.1. The molecule has 0 saturated carbocycles. The van der Waals surface area contributed by atoms with Crippen molar-refractivity contribution in [3.8, 4) is 5.75 Å². The molecule has 0 spiro atoms. The van der Waals surface area contributed by atoms with Crippen molar-refractivity contribution in [1.82, 2.24) is 9.80 Å². The van der Waals surface area contributed by atoms with Gasteiger partial charge in [-0.3, -0.25) is 4.79 Å². The van der Waals surface area contributed by atoms with Crippen molar-refractivity contribution in [2.45, 2.75) is 20.5 Å². The van der Waals surface area contributed by atoms with E-state index in [-0.39, 0.29) is 5.91 Å². The second-order valence-electron chi connectivity index (χ2n) is 7.58.